The number of hydrogen-bond donors (Lipinski definition) is 2. The van der Waals surface area contributed by atoms with Gasteiger partial charge in [-0.05, 0) is 50.4 Å². The summed E-state index contributed by atoms with van der Waals surface area (Å²) in [6.07, 6.45) is 2.34. The minimum atomic E-state index is -3.13. The van der Waals surface area contributed by atoms with E-state index < -0.39 is 10.0 Å². The van der Waals surface area contributed by atoms with Crippen molar-refractivity contribution in [2.45, 2.75) is 33.1 Å². The Morgan fingerprint density at radius 2 is 1.85 bits per heavy atom. The minimum absolute atomic E-state index is 0.214. The summed E-state index contributed by atoms with van der Waals surface area (Å²) in [6, 6.07) is 8.07. The third kappa shape index (κ3) is 7.03. The number of nitrogens with one attached hydrogen (secondary N) is 2. The first-order valence-corrected chi connectivity index (χ1v) is 8.93. The fourth-order valence-corrected chi connectivity index (χ4v) is 3.16. The van der Waals surface area contributed by atoms with Gasteiger partial charge in [-0.25, -0.2) is 13.1 Å². The standard InChI is InChI=1S/C15H26N2O2S/c1-3-16-11-6-7-13-20(18,19)17-12-10-15-9-5-4-8-14(15)2/h4-5,8-9,16-17H,3,6-7,10-13H2,1-2H3. The van der Waals surface area contributed by atoms with Gasteiger partial charge in [0.2, 0.25) is 10.0 Å². The Balaban J connectivity index is 2.24. The van der Waals surface area contributed by atoms with Gasteiger partial charge in [0.05, 0.1) is 5.75 Å². The SMILES string of the molecule is CCNCCCCS(=O)(=O)NCCc1ccccc1C. The Morgan fingerprint density at radius 1 is 1.10 bits per heavy atom. The van der Waals surface area contributed by atoms with Crippen molar-refractivity contribution in [1.29, 1.82) is 0 Å². The minimum Gasteiger partial charge on any atom is -0.317 e. The zero-order valence-electron chi connectivity index (χ0n) is 12.5. The molecule has 20 heavy (non-hydrogen) atoms. The second-order valence-corrected chi connectivity index (χ2v) is 6.88. The zero-order valence-corrected chi connectivity index (χ0v) is 13.3. The van der Waals surface area contributed by atoms with Crippen LogP contribution in [0.4, 0.5) is 0 Å². The van der Waals surface area contributed by atoms with E-state index in [9.17, 15) is 8.42 Å². The van der Waals surface area contributed by atoms with Crippen LogP contribution in [0, 0.1) is 6.92 Å². The van der Waals surface area contributed by atoms with E-state index in [1.54, 1.807) is 0 Å². The summed E-state index contributed by atoms with van der Waals surface area (Å²) < 4.78 is 26.3. The van der Waals surface area contributed by atoms with Gasteiger partial charge in [-0.1, -0.05) is 31.2 Å². The number of aryl methyl sites for hydroxylation is 1. The number of benzene rings is 1. The molecule has 0 bridgehead atoms. The monoisotopic (exact) mass is 298 g/mol. The first-order valence-electron chi connectivity index (χ1n) is 7.27. The summed E-state index contributed by atoms with van der Waals surface area (Å²) in [7, 11) is -3.13. The predicted octanol–water partition coefficient (Wildman–Crippen LogP) is 1.85. The molecule has 4 nitrogen and oxygen atoms in total. The van der Waals surface area contributed by atoms with Crippen LogP contribution in [-0.4, -0.2) is 33.8 Å². The van der Waals surface area contributed by atoms with Gasteiger partial charge in [-0.2, -0.15) is 0 Å². The summed E-state index contributed by atoms with van der Waals surface area (Å²) in [4.78, 5) is 0. The molecular weight excluding hydrogens is 272 g/mol. The quantitative estimate of drug-likeness (QED) is 0.648. The van der Waals surface area contributed by atoms with Crippen molar-refractivity contribution >= 4 is 10.0 Å². The van der Waals surface area contributed by atoms with Gasteiger partial charge >= 0.3 is 0 Å². The predicted molar refractivity (Wildman–Crippen MR) is 84.5 cm³/mol. The zero-order chi connectivity index (χ0) is 14.8. The Bertz CT molecular complexity index is 486. The summed E-state index contributed by atoms with van der Waals surface area (Å²) in [5.41, 5.74) is 2.40. The average molecular weight is 298 g/mol. The van der Waals surface area contributed by atoms with Gasteiger partial charge in [0.15, 0.2) is 0 Å². The Labute approximate surface area is 123 Å². The van der Waals surface area contributed by atoms with Gasteiger partial charge in [0.1, 0.15) is 0 Å². The average Bonchev–Trinajstić information content (AvgIpc) is 2.40. The van der Waals surface area contributed by atoms with Crippen molar-refractivity contribution in [3.63, 3.8) is 0 Å². The highest BCUT2D eigenvalue weighted by atomic mass is 32.2. The molecule has 0 radical (unpaired) electrons. The van der Waals surface area contributed by atoms with E-state index in [-0.39, 0.29) is 5.75 Å². The largest absolute Gasteiger partial charge is 0.317 e. The molecule has 1 rings (SSSR count). The van der Waals surface area contributed by atoms with E-state index >= 15 is 0 Å². The van der Waals surface area contributed by atoms with Crippen molar-refractivity contribution in [3.05, 3.63) is 35.4 Å². The van der Waals surface area contributed by atoms with Gasteiger partial charge in [0.25, 0.3) is 0 Å². The molecule has 0 aromatic heterocycles. The number of hydrogen-bond acceptors (Lipinski definition) is 3. The Morgan fingerprint density at radius 3 is 2.55 bits per heavy atom. The molecule has 0 atom stereocenters. The van der Waals surface area contributed by atoms with Crippen LogP contribution in [0.3, 0.4) is 0 Å². The molecule has 1 aromatic rings. The van der Waals surface area contributed by atoms with E-state index in [1.165, 1.54) is 11.1 Å². The van der Waals surface area contributed by atoms with Crippen molar-refractivity contribution < 1.29 is 8.42 Å². The molecule has 0 aliphatic rings. The van der Waals surface area contributed by atoms with Gasteiger partial charge in [-0.3, -0.25) is 0 Å². The maximum Gasteiger partial charge on any atom is 0.211 e. The molecule has 0 saturated carbocycles. The molecule has 0 fully saturated rings. The van der Waals surface area contributed by atoms with E-state index in [4.69, 9.17) is 0 Å². The smallest absolute Gasteiger partial charge is 0.211 e. The van der Waals surface area contributed by atoms with Crippen LogP contribution in [0.5, 0.6) is 0 Å². The molecule has 1 aromatic carbocycles. The van der Waals surface area contributed by atoms with E-state index in [1.807, 2.05) is 38.1 Å². The lowest BCUT2D eigenvalue weighted by Crippen LogP contribution is -2.29. The van der Waals surface area contributed by atoms with E-state index in [0.29, 0.717) is 13.0 Å². The second kappa shape index (κ2) is 9.10. The summed E-state index contributed by atoms with van der Waals surface area (Å²) in [5, 5.41) is 3.19. The number of sulfonamides is 1. The Kier molecular flexibility index (Phi) is 7.80. The number of unbranched alkanes of at least 4 members (excludes halogenated alkanes) is 1. The topological polar surface area (TPSA) is 58.2 Å². The molecule has 5 heteroatoms. The summed E-state index contributed by atoms with van der Waals surface area (Å²) >= 11 is 0. The highest BCUT2D eigenvalue weighted by Crippen LogP contribution is 2.07. The molecule has 114 valence electrons. The fraction of sp³-hybridized carbons (Fsp3) is 0.600. The van der Waals surface area contributed by atoms with Gasteiger partial charge < -0.3 is 5.32 Å². The maximum absolute atomic E-state index is 11.8. The van der Waals surface area contributed by atoms with E-state index in [2.05, 4.69) is 10.0 Å². The molecule has 0 spiro atoms. The van der Waals surface area contributed by atoms with E-state index in [0.717, 1.165) is 25.9 Å². The van der Waals surface area contributed by atoms with Crippen LogP contribution in [0.1, 0.15) is 30.9 Å². The van der Waals surface area contributed by atoms with Crippen LogP contribution < -0.4 is 10.0 Å². The third-order valence-electron chi connectivity index (χ3n) is 3.24. The first-order chi connectivity index (χ1) is 9.55. The second-order valence-electron chi connectivity index (χ2n) is 4.95. The molecule has 0 unspecified atom stereocenters. The van der Waals surface area contributed by atoms with Gasteiger partial charge in [0, 0.05) is 6.54 Å². The lowest BCUT2D eigenvalue weighted by Gasteiger charge is -2.08. The highest BCUT2D eigenvalue weighted by molar-refractivity contribution is 7.89. The van der Waals surface area contributed by atoms with Crippen LogP contribution in [0.25, 0.3) is 0 Å². The van der Waals surface area contributed by atoms with Crippen LogP contribution in [0.2, 0.25) is 0 Å². The number of rotatable bonds is 10. The van der Waals surface area contributed by atoms with Crippen LogP contribution in [-0.2, 0) is 16.4 Å². The molecular formula is C15H26N2O2S. The van der Waals surface area contributed by atoms with Crippen molar-refractivity contribution in [1.82, 2.24) is 10.0 Å². The molecule has 0 heterocycles. The molecule has 0 amide bonds. The molecule has 0 aliphatic heterocycles. The Hall–Kier alpha value is -0.910. The molecule has 2 N–H and O–H groups in total. The summed E-state index contributed by atoms with van der Waals surface area (Å²) in [6.45, 7) is 6.38. The van der Waals surface area contributed by atoms with Crippen LogP contribution >= 0.6 is 0 Å². The molecule has 0 saturated heterocycles. The lowest BCUT2D eigenvalue weighted by molar-refractivity contribution is 0.574. The third-order valence-corrected chi connectivity index (χ3v) is 4.71. The van der Waals surface area contributed by atoms with Crippen molar-refractivity contribution in [3.8, 4) is 0 Å². The first kappa shape index (κ1) is 17.1. The maximum atomic E-state index is 11.8. The summed E-state index contributed by atoms with van der Waals surface area (Å²) in [5.74, 6) is 0.214. The fourth-order valence-electron chi connectivity index (χ4n) is 2.02. The van der Waals surface area contributed by atoms with Crippen molar-refractivity contribution in [2.75, 3.05) is 25.4 Å². The van der Waals surface area contributed by atoms with Crippen LogP contribution in [0.15, 0.2) is 24.3 Å². The van der Waals surface area contributed by atoms with Gasteiger partial charge in [-0.15, -0.1) is 0 Å². The highest BCUT2D eigenvalue weighted by Gasteiger charge is 2.09. The lowest BCUT2D eigenvalue weighted by atomic mass is 10.1. The van der Waals surface area contributed by atoms with Crippen molar-refractivity contribution in [2.24, 2.45) is 0 Å². The normalized spacial score (nSPS) is 11.7. The molecule has 0 aliphatic carbocycles.